The highest BCUT2D eigenvalue weighted by atomic mass is 79.9. The van der Waals surface area contributed by atoms with Crippen LogP contribution in [0.2, 0.25) is 0 Å². The number of aromatic amines is 1. The Morgan fingerprint density at radius 2 is 2.13 bits per heavy atom. The summed E-state index contributed by atoms with van der Waals surface area (Å²) >= 11 is 3.49. The lowest BCUT2D eigenvalue weighted by Crippen LogP contribution is -2.13. The number of anilines is 1. The molecular weight excluding hydrogens is 360 g/mol. The first-order valence-corrected chi connectivity index (χ1v) is 8.06. The van der Waals surface area contributed by atoms with Gasteiger partial charge in [0.25, 0.3) is 0 Å². The molecule has 1 fully saturated rings. The normalized spacial score (nSPS) is 14.1. The highest BCUT2D eigenvalue weighted by Gasteiger charge is 2.30. The smallest absolute Gasteiger partial charge is 0.228 e. The summed E-state index contributed by atoms with van der Waals surface area (Å²) in [5, 5.41) is 20.5. The van der Waals surface area contributed by atoms with Crippen LogP contribution in [0.25, 0.3) is 22.3 Å². The van der Waals surface area contributed by atoms with Crippen molar-refractivity contribution in [1.29, 1.82) is 0 Å². The minimum atomic E-state index is -0.000646. The van der Waals surface area contributed by atoms with E-state index in [4.69, 9.17) is 0 Å². The molecule has 1 amide bonds. The first-order valence-electron chi connectivity index (χ1n) is 7.27. The van der Waals surface area contributed by atoms with Gasteiger partial charge in [-0.3, -0.25) is 9.89 Å². The minimum absolute atomic E-state index is 0.000646. The van der Waals surface area contributed by atoms with Crippen molar-refractivity contribution in [3.63, 3.8) is 0 Å². The molecular formula is C16H13BrN4O2. The van der Waals surface area contributed by atoms with Crippen molar-refractivity contribution >= 4 is 38.7 Å². The summed E-state index contributed by atoms with van der Waals surface area (Å²) in [5.41, 5.74) is 1.79. The number of benzene rings is 1. The largest absolute Gasteiger partial charge is 0.507 e. The number of pyridine rings is 1. The van der Waals surface area contributed by atoms with Crippen molar-refractivity contribution in [2.75, 3.05) is 5.32 Å². The number of nitrogens with one attached hydrogen (secondary N) is 2. The van der Waals surface area contributed by atoms with Crippen LogP contribution in [-0.4, -0.2) is 26.2 Å². The van der Waals surface area contributed by atoms with E-state index in [0.29, 0.717) is 22.7 Å². The van der Waals surface area contributed by atoms with Gasteiger partial charge in [0, 0.05) is 16.0 Å². The lowest BCUT2D eigenvalue weighted by Gasteiger charge is -2.07. The van der Waals surface area contributed by atoms with Crippen molar-refractivity contribution in [2.24, 2.45) is 5.92 Å². The summed E-state index contributed by atoms with van der Waals surface area (Å²) < 4.78 is 0.717. The molecule has 1 aliphatic carbocycles. The maximum absolute atomic E-state index is 11.9. The Bertz CT molecular complexity index is 918. The van der Waals surface area contributed by atoms with E-state index < -0.39 is 0 Å². The Morgan fingerprint density at radius 1 is 1.35 bits per heavy atom. The highest BCUT2D eigenvalue weighted by Crippen LogP contribution is 2.36. The molecule has 0 atom stereocenters. The molecule has 0 bridgehead atoms. The van der Waals surface area contributed by atoms with E-state index in [-0.39, 0.29) is 17.6 Å². The van der Waals surface area contributed by atoms with Gasteiger partial charge >= 0.3 is 0 Å². The van der Waals surface area contributed by atoms with Crippen LogP contribution in [0.1, 0.15) is 12.8 Å². The van der Waals surface area contributed by atoms with E-state index in [9.17, 15) is 9.90 Å². The van der Waals surface area contributed by atoms with Gasteiger partial charge in [-0.05, 0) is 47.0 Å². The number of para-hydroxylation sites is 1. The van der Waals surface area contributed by atoms with Crippen LogP contribution in [0.15, 0.2) is 34.8 Å². The summed E-state index contributed by atoms with van der Waals surface area (Å²) in [6, 6.07) is 8.84. The van der Waals surface area contributed by atoms with Gasteiger partial charge in [-0.15, -0.1) is 0 Å². The molecule has 0 unspecified atom stereocenters. The Labute approximate surface area is 140 Å². The molecule has 0 aliphatic heterocycles. The topological polar surface area (TPSA) is 90.9 Å². The van der Waals surface area contributed by atoms with Crippen molar-refractivity contribution in [3.8, 4) is 17.0 Å². The number of rotatable bonds is 3. The first kappa shape index (κ1) is 14.2. The van der Waals surface area contributed by atoms with E-state index >= 15 is 0 Å². The molecule has 1 aliphatic rings. The van der Waals surface area contributed by atoms with E-state index in [1.165, 1.54) is 0 Å². The molecule has 0 radical (unpaired) electrons. The van der Waals surface area contributed by atoms with Crippen molar-refractivity contribution in [1.82, 2.24) is 15.2 Å². The number of halogens is 1. The van der Waals surface area contributed by atoms with Gasteiger partial charge in [0.05, 0.1) is 11.1 Å². The third-order valence-corrected chi connectivity index (χ3v) is 4.46. The molecule has 0 spiro atoms. The van der Waals surface area contributed by atoms with Gasteiger partial charge in [-0.25, -0.2) is 4.98 Å². The van der Waals surface area contributed by atoms with Crippen molar-refractivity contribution < 1.29 is 9.90 Å². The number of H-pyrrole nitrogens is 1. The zero-order chi connectivity index (χ0) is 16.0. The van der Waals surface area contributed by atoms with Gasteiger partial charge in [-0.1, -0.05) is 12.1 Å². The van der Waals surface area contributed by atoms with Crippen LogP contribution in [-0.2, 0) is 4.79 Å². The van der Waals surface area contributed by atoms with E-state index in [2.05, 4.69) is 36.4 Å². The summed E-state index contributed by atoms with van der Waals surface area (Å²) in [4.78, 5) is 16.4. The predicted octanol–water partition coefficient (Wildman–Crippen LogP) is 3.44. The average molecular weight is 373 g/mol. The Balaban J connectivity index is 1.77. The average Bonchev–Trinajstić information content (AvgIpc) is 3.32. The van der Waals surface area contributed by atoms with Crippen LogP contribution in [0.5, 0.6) is 5.75 Å². The van der Waals surface area contributed by atoms with E-state index in [1.54, 1.807) is 18.2 Å². The van der Waals surface area contributed by atoms with Gasteiger partial charge in [0.15, 0.2) is 11.5 Å². The number of hydrogen-bond acceptors (Lipinski definition) is 4. The third-order valence-electron chi connectivity index (χ3n) is 3.85. The molecule has 116 valence electrons. The summed E-state index contributed by atoms with van der Waals surface area (Å²) in [6.45, 7) is 0. The van der Waals surface area contributed by atoms with Crippen LogP contribution in [0.4, 0.5) is 5.82 Å². The van der Waals surface area contributed by atoms with Crippen LogP contribution >= 0.6 is 15.9 Å². The lowest BCUT2D eigenvalue weighted by molar-refractivity contribution is -0.117. The van der Waals surface area contributed by atoms with Crippen molar-refractivity contribution in [2.45, 2.75) is 12.8 Å². The molecule has 2 aromatic heterocycles. The molecule has 6 nitrogen and oxygen atoms in total. The maximum Gasteiger partial charge on any atom is 0.228 e. The van der Waals surface area contributed by atoms with Gasteiger partial charge in [0.2, 0.25) is 5.91 Å². The minimum Gasteiger partial charge on any atom is -0.507 e. The molecule has 3 N–H and O–H groups in total. The Morgan fingerprint density at radius 3 is 2.87 bits per heavy atom. The number of aromatic nitrogens is 3. The molecule has 3 aromatic rings. The fourth-order valence-electron chi connectivity index (χ4n) is 2.45. The number of carbonyl (C=O) groups is 1. The second-order valence-corrected chi connectivity index (χ2v) is 6.42. The number of nitrogens with zero attached hydrogens (tertiary/aromatic N) is 2. The number of phenols is 1. The molecule has 0 saturated heterocycles. The van der Waals surface area contributed by atoms with Gasteiger partial charge in [-0.2, -0.15) is 5.10 Å². The second-order valence-electron chi connectivity index (χ2n) is 5.57. The molecule has 7 heteroatoms. The fourth-order valence-corrected chi connectivity index (χ4v) is 2.98. The molecule has 1 saturated carbocycles. The SMILES string of the molecule is O=C(Nc1n[nH]c2nc(-c3ccccc3O)c(Br)cc12)C1CC1. The van der Waals surface area contributed by atoms with Crippen LogP contribution in [0, 0.1) is 5.92 Å². The summed E-state index contributed by atoms with van der Waals surface area (Å²) in [7, 11) is 0. The highest BCUT2D eigenvalue weighted by molar-refractivity contribution is 9.10. The fraction of sp³-hybridized carbons (Fsp3) is 0.188. The van der Waals surface area contributed by atoms with E-state index in [1.807, 2.05) is 12.1 Å². The van der Waals surface area contributed by atoms with Gasteiger partial charge < -0.3 is 10.4 Å². The summed E-state index contributed by atoms with van der Waals surface area (Å²) in [6.07, 6.45) is 1.88. The zero-order valence-electron chi connectivity index (χ0n) is 12.0. The Hall–Kier alpha value is -2.41. The van der Waals surface area contributed by atoms with Gasteiger partial charge in [0.1, 0.15) is 5.75 Å². The molecule has 4 rings (SSSR count). The van der Waals surface area contributed by atoms with Crippen molar-refractivity contribution in [3.05, 3.63) is 34.8 Å². The third kappa shape index (κ3) is 2.57. The molecule has 23 heavy (non-hydrogen) atoms. The number of amides is 1. The first-order chi connectivity index (χ1) is 11.1. The quantitative estimate of drug-likeness (QED) is 0.656. The number of fused-ring (bicyclic) bond motifs is 1. The number of carbonyl (C=O) groups excluding carboxylic acids is 1. The number of aromatic hydroxyl groups is 1. The molecule has 2 heterocycles. The zero-order valence-corrected chi connectivity index (χ0v) is 13.6. The lowest BCUT2D eigenvalue weighted by atomic mass is 10.1. The maximum atomic E-state index is 11.9. The number of hydrogen-bond donors (Lipinski definition) is 3. The monoisotopic (exact) mass is 372 g/mol. The number of phenolic OH excluding ortho intramolecular Hbond substituents is 1. The molecule has 1 aromatic carbocycles. The predicted molar refractivity (Wildman–Crippen MR) is 90.0 cm³/mol. The van der Waals surface area contributed by atoms with Crippen LogP contribution < -0.4 is 5.32 Å². The standard InChI is InChI=1S/C16H13BrN4O2/c17-11-7-10-14(18-13(11)9-3-1-2-4-12(9)22)20-21-15(10)19-16(23)8-5-6-8/h1-4,7-8,22H,5-6H2,(H2,18,19,20,21,23). The van der Waals surface area contributed by atoms with Crippen LogP contribution in [0.3, 0.4) is 0 Å². The van der Waals surface area contributed by atoms with E-state index in [0.717, 1.165) is 22.7 Å². The second kappa shape index (κ2) is 5.34. The Kier molecular flexibility index (Phi) is 3.30. The summed E-state index contributed by atoms with van der Waals surface area (Å²) in [5.74, 6) is 0.744.